The second kappa shape index (κ2) is 9.18. The van der Waals surface area contributed by atoms with Crippen LogP contribution in [0.2, 0.25) is 0 Å². The summed E-state index contributed by atoms with van der Waals surface area (Å²) in [6.07, 6.45) is 0. The van der Waals surface area contributed by atoms with Gasteiger partial charge >= 0.3 is 0 Å². The molecule has 8 nitrogen and oxygen atoms in total. The number of nitrogens with one attached hydrogen (secondary N) is 2. The predicted octanol–water partition coefficient (Wildman–Crippen LogP) is 4.74. The summed E-state index contributed by atoms with van der Waals surface area (Å²) in [6.45, 7) is 1.80. The molecule has 10 heteroatoms. The van der Waals surface area contributed by atoms with Crippen molar-refractivity contribution in [2.24, 2.45) is 0 Å². The van der Waals surface area contributed by atoms with Crippen molar-refractivity contribution in [3.8, 4) is 11.5 Å². The maximum absolute atomic E-state index is 14.1. The lowest BCUT2D eigenvalue weighted by Gasteiger charge is -2.25. The summed E-state index contributed by atoms with van der Waals surface area (Å²) in [5, 5.41) is 18.6. The summed E-state index contributed by atoms with van der Waals surface area (Å²) >= 11 is 3.50. The highest BCUT2D eigenvalue weighted by Gasteiger charge is 2.67. The molecule has 2 aliphatic rings. The number of methoxy groups -OCH3 is 1. The number of ether oxygens (including phenoxy) is 2. The van der Waals surface area contributed by atoms with Crippen molar-refractivity contribution in [1.29, 1.82) is 0 Å². The van der Waals surface area contributed by atoms with E-state index in [-0.39, 0.29) is 17.3 Å². The number of benzene rings is 3. The van der Waals surface area contributed by atoms with Gasteiger partial charge in [0.05, 0.1) is 17.5 Å². The van der Waals surface area contributed by atoms with Gasteiger partial charge in [-0.3, -0.25) is 20.2 Å². The first-order chi connectivity index (χ1) is 17.3. The summed E-state index contributed by atoms with van der Waals surface area (Å²) in [7, 11) is 1.46. The topological polar surface area (TPSA) is 103 Å². The number of nitro groups is 1. The van der Waals surface area contributed by atoms with Crippen molar-refractivity contribution in [2.45, 2.75) is 37.1 Å². The number of anilines is 1. The van der Waals surface area contributed by atoms with E-state index < -0.39 is 29.4 Å². The van der Waals surface area contributed by atoms with E-state index in [9.17, 15) is 19.3 Å². The summed E-state index contributed by atoms with van der Waals surface area (Å²) in [4.78, 5) is 25.4. The van der Waals surface area contributed by atoms with E-state index in [1.807, 2.05) is 6.92 Å². The number of nitrogens with zero attached hydrogens (tertiary/aromatic N) is 1. The fourth-order valence-electron chi connectivity index (χ4n) is 5.39. The molecule has 1 saturated heterocycles. The molecule has 2 heterocycles. The van der Waals surface area contributed by atoms with E-state index in [0.717, 1.165) is 0 Å². The normalized spacial score (nSPS) is 24.4. The first kappa shape index (κ1) is 24.2. The van der Waals surface area contributed by atoms with Gasteiger partial charge in [0, 0.05) is 27.8 Å². The Labute approximate surface area is 215 Å². The van der Waals surface area contributed by atoms with Crippen LogP contribution in [-0.4, -0.2) is 30.0 Å². The molecule has 4 atom stereocenters. The number of carbonyl (C=O) groups excluding carboxylic acids is 1. The molecule has 1 fully saturated rings. The molecule has 36 heavy (non-hydrogen) atoms. The van der Waals surface area contributed by atoms with Crippen LogP contribution in [0.25, 0.3) is 0 Å². The summed E-state index contributed by atoms with van der Waals surface area (Å²) < 4.78 is 26.0. The van der Waals surface area contributed by atoms with Gasteiger partial charge in [-0.2, -0.15) is 0 Å². The van der Waals surface area contributed by atoms with Gasteiger partial charge < -0.3 is 14.8 Å². The average molecular weight is 556 g/mol. The van der Waals surface area contributed by atoms with Crippen LogP contribution >= 0.6 is 15.9 Å². The number of fused-ring (bicyclic) bond motifs is 2. The highest BCUT2D eigenvalue weighted by molar-refractivity contribution is 9.10. The lowest BCUT2D eigenvalue weighted by molar-refractivity contribution is -0.532. The van der Waals surface area contributed by atoms with Gasteiger partial charge in [0.1, 0.15) is 12.4 Å². The minimum Gasteiger partial charge on any atom is -0.493 e. The molecule has 0 radical (unpaired) electrons. The van der Waals surface area contributed by atoms with Crippen LogP contribution in [-0.2, 0) is 16.9 Å². The second-order valence-electron chi connectivity index (χ2n) is 8.91. The van der Waals surface area contributed by atoms with Gasteiger partial charge in [-0.1, -0.05) is 36.4 Å². The first-order valence-corrected chi connectivity index (χ1v) is 12.1. The molecular formula is C26H23BrFN3O5. The molecule has 2 N–H and O–H groups in total. The molecule has 186 valence electrons. The zero-order chi connectivity index (χ0) is 25.6. The summed E-state index contributed by atoms with van der Waals surface area (Å²) in [6, 6.07) is 15.0. The molecule has 5 rings (SSSR count). The number of hydrogen-bond acceptors (Lipinski definition) is 6. The largest absolute Gasteiger partial charge is 0.493 e. The number of hydrogen-bond donors (Lipinski definition) is 2. The van der Waals surface area contributed by atoms with Crippen LogP contribution in [0.1, 0.15) is 29.5 Å². The molecule has 3 aromatic carbocycles. The van der Waals surface area contributed by atoms with Crippen molar-refractivity contribution < 1.29 is 23.6 Å². The number of para-hydroxylation sites is 1. The lowest BCUT2D eigenvalue weighted by Crippen LogP contribution is -2.54. The highest BCUT2D eigenvalue weighted by Crippen LogP contribution is 2.51. The summed E-state index contributed by atoms with van der Waals surface area (Å²) in [5.41, 5.74) is 0.592. The molecule has 3 aromatic rings. The zero-order valence-corrected chi connectivity index (χ0v) is 21.0. The molecule has 1 spiro atoms. The number of carbonyl (C=O) groups is 1. The fourth-order valence-corrected chi connectivity index (χ4v) is 5.97. The van der Waals surface area contributed by atoms with Crippen LogP contribution in [0.4, 0.5) is 10.1 Å². The van der Waals surface area contributed by atoms with E-state index in [1.54, 1.807) is 54.6 Å². The standard InChI is InChI=1S/C26H23BrFN3O5/c1-14-22(24(31(33)34)26(30-14)17-8-4-6-10-20(17)29-25(26)32)16-11-18(27)23(21(12-16)35-2)36-13-15-7-3-5-9-19(15)28/h3-12,14,22,24,30H,13H2,1-2H3,(H,29,32)/t14-,22-,24+,26+/m0/s1. The van der Waals surface area contributed by atoms with E-state index in [1.165, 1.54) is 13.2 Å². The second-order valence-corrected chi connectivity index (χ2v) is 9.77. The highest BCUT2D eigenvalue weighted by atomic mass is 79.9. The fraction of sp³-hybridized carbons (Fsp3) is 0.269. The van der Waals surface area contributed by atoms with Gasteiger partial charge in [-0.15, -0.1) is 0 Å². The van der Waals surface area contributed by atoms with Crippen molar-refractivity contribution in [3.05, 3.63) is 97.8 Å². The Morgan fingerprint density at radius 1 is 1.17 bits per heavy atom. The van der Waals surface area contributed by atoms with Crippen molar-refractivity contribution in [1.82, 2.24) is 5.32 Å². The Morgan fingerprint density at radius 3 is 2.61 bits per heavy atom. The Morgan fingerprint density at radius 2 is 1.89 bits per heavy atom. The molecule has 2 aliphatic heterocycles. The molecule has 0 aliphatic carbocycles. The van der Waals surface area contributed by atoms with Crippen LogP contribution in [0.5, 0.6) is 11.5 Å². The molecule has 0 bridgehead atoms. The van der Waals surface area contributed by atoms with Crippen molar-refractivity contribution >= 4 is 27.5 Å². The first-order valence-electron chi connectivity index (χ1n) is 11.3. The van der Waals surface area contributed by atoms with Gasteiger partial charge in [0.15, 0.2) is 17.0 Å². The smallest absolute Gasteiger partial charge is 0.256 e. The SMILES string of the molecule is COc1cc([C@@H]2[C@H](C)N[C@@]3(C(=O)Nc4ccccc43)[C@@H]2[N+](=O)[O-])cc(Br)c1OCc1ccccc1F. The maximum atomic E-state index is 14.1. The number of rotatable bonds is 6. The zero-order valence-electron chi connectivity index (χ0n) is 19.5. The third-order valence-electron chi connectivity index (χ3n) is 6.93. The third kappa shape index (κ3) is 3.72. The van der Waals surface area contributed by atoms with E-state index in [4.69, 9.17) is 9.47 Å². The quantitative estimate of drug-likeness (QED) is 0.336. The molecular weight excluding hydrogens is 533 g/mol. The Hall–Kier alpha value is -3.50. The van der Waals surface area contributed by atoms with E-state index in [2.05, 4.69) is 26.6 Å². The monoisotopic (exact) mass is 555 g/mol. The number of amides is 1. The van der Waals surface area contributed by atoms with Crippen LogP contribution in [0.3, 0.4) is 0 Å². The molecule has 0 aromatic heterocycles. The Kier molecular flexibility index (Phi) is 6.17. The van der Waals surface area contributed by atoms with Gasteiger partial charge in [-0.25, -0.2) is 4.39 Å². The van der Waals surface area contributed by atoms with Crippen molar-refractivity contribution in [3.63, 3.8) is 0 Å². The Bertz CT molecular complexity index is 1370. The van der Waals surface area contributed by atoms with Gasteiger partial charge in [-0.05, 0) is 52.7 Å². The van der Waals surface area contributed by atoms with Gasteiger partial charge in [0.25, 0.3) is 11.9 Å². The maximum Gasteiger partial charge on any atom is 0.256 e. The van der Waals surface area contributed by atoms with Crippen LogP contribution in [0.15, 0.2) is 65.1 Å². The van der Waals surface area contributed by atoms with Crippen LogP contribution < -0.4 is 20.1 Å². The Balaban J connectivity index is 1.54. The minimum absolute atomic E-state index is 0.0278. The molecule has 1 amide bonds. The molecule has 0 unspecified atom stereocenters. The summed E-state index contributed by atoms with van der Waals surface area (Å²) in [5.74, 6) is -0.815. The van der Waals surface area contributed by atoms with Crippen molar-refractivity contribution in [2.75, 3.05) is 12.4 Å². The molecule has 0 saturated carbocycles. The lowest BCUT2D eigenvalue weighted by atomic mass is 9.78. The van der Waals surface area contributed by atoms with Crippen LogP contribution in [0, 0.1) is 15.9 Å². The minimum atomic E-state index is -1.51. The van der Waals surface area contributed by atoms with E-state index >= 15 is 0 Å². The van der Waals surface area contributed by atoms with Gasteiger partial charge in [0.2, 0.25) is 0 Å². The van der Waals surface area contributed by atoms with E-state index in [0.29, 0.717) is 38.3 Å². The predicted molar refractivity (Wildman–Crippen MR) is 134 cm³/mol. The number of halogens is 2. The third-order valence-corrected chi connectivity index (χ3v) is 7.52. The average Bonchev–Trinajstić information content (AvgIpc) is 3.32.